The van der Waals surface area contributed by atoms with Gasteiger partial charge in [-0.25, -0.2) is 0 Å². The van der Waals surface area contributed by atoms with Gasteiger partial charge in [0.05, 0.1) is 5.92 Å². The third-order valence-electron chi connectivity index (χ3n) is 4.53. The third-order valence-corrected chi connectivity index (χ3v) is 4.53. The fourth-order valence-corrected chi connectivity index (χ4v) is 3.04. The quantitative estimate of drug-likeness (QED) is 0.776. The Kier molecular flexibility index (Phi) is 6.20. The summed E-state index contributed by atoms with van der Waals surface area (Å²) in [5.74, 6) is 0.0564. The minimum Gasteiger partial charge on any atom is -0.343 e. The highest BCUT2D eigenvalue weighted by Crippen LogP contribution is 2.22. The van der Waals surface area contributed by atoms with Crippen LogP contribution in [0, 0.1) is 12.8 Å². The molecule has 1 fully saturated rings. The molecule has 1 aliphatic heterocycles. The lowest BCUT2D eigenvalue weighted by atomic mass is 10.1. The van der Waals surface area contributed by atoms with Gasteiger partial charge < -0.3 is 9.80 Å². The second kappa shape index (κ2) is 8.14. The summed E-state index contributed by atoms with van der Waals surface area (Å²) in [6.45, 7) is 8.86. The molecule has 0 saturated carbocycles. The van der Waals surface area contributed by atoms with Crippen LogP contribution in [0.5, 0.6) is 0 Å². The van der Waals surface area contributed by atoms with Gasteiger partial charge in [-0.05, 0) is 25.8 Å². The van der Waals surface area contributed by atoms with Crippen molar-refractivity contribution in [3.8, 4) is 0 Å². The second-order valence-corrected chi connectivity index (χ2v) is 6.43. The predicted molar refractivity (Wildman–Crippen MR) is 91.9 cm³/mol. The van der Waals surface area contributed by atoms with Crippen molar-refractivity contribution < 1.29 is 9.59 Å². The van der Waals surface area contributed by atoms with Gasteiger partial charge in [0, 0.05) is 32.6 Å². The maximum absolute atomic E-state index is 12.6. The molecule has 1 atom stereocenters. The van der Waals surface area contributed by atoms with Gasteiger partial charge in [0.2, 0.25) is 11.8 Å². The first-order valence-electron chi connectivity index (χ1n) is 8.67. The number of unbranched alkanes of at least 4 members (excludes halogenated alkanes) is 1. The van der Waals surface area contributed by atoms with Crippen molar-refractivity contribution in [3.63, 3.8) is 0 Å². The highest BCUT2D eigenvalue weighted by atomic mass is 16.2. The molecule has 2 rings (SSSR count). The van der Waals surface area contributed by atoms with Crippen molar-refractivity contribution in [2.45, 2.75) is 46.6 Å². The zero-order valence-electron chi connectivity index (χ0n) is 14.5. The zero-order chi connectivity index (χ0) is 16.8. The first-order chi connectivity index (χ1) is 11.0. The largest absolute Gasteiger partial charge is 0.343 e. The van der Waals surface area contributed by atoms with Gasteiger partial charge >= 0.3 is 0 Å². The smallest absolute Gasteiger partial charge is 0.227 e. The molecule has 2 amide bonds. The molecule has 0 spiro atoms. The molecule has 23 heavy (non-hydrogen) atoms. The molecule has 0 aromatic heterocycles. The van der Waals surface area contributed by atoms with Crippen molar-refractivity contribution in [2.75, 3.05) is 19.6 Å². The van der Waals surface area contributed by atoms with Crippen LogP contribution in [0.2, 0.25) is 0 Å². The molecule has 1 heterocycles. The number of nitrogens with zero attached hydrogens (tertiary/aromatic N) is 2. The molecule has 0 bridgehead atoms. The van der Waals surface area contributed by atoms with Crippen LogP contribution in [-0.4, -0.2) is 41.2 Å². The molecule has 0 aliphatic carbocycles. The van der Waals surface area contributed by atoms with E-state index in [2.05, 4.69) is 38.1 Å². The summed E-state index contributed by atoms with van der Waals surface area (Å²) in [6.07, 6.45) is 2.45. The fourth-order valence-electron chi connectivity index (χ4n) is 3.04. The molecule has 1 saturated heterocycles. The Balaban J connectivity index is 1.95. The first kappa shape index (κ1) is 17.5. The minimum atomic E-state index is -0.176. The Morgan fingerprint density at radius 2 is 1.96 bits per heavy atom. The molecule has 126 valence electrons. The van der Waals surface area contributed by atoms with E-state index < -0.39 is 0 Å². The molecular formula is C19H28N2O2. The molecule has 0 radical (unpaired) electrons. The van der Waals surface area contributed by atoms with Crippen molar-refractivity contribution >= 4 is 11.8 Å². The van der Waals surface area contributed by atoms with E-state index in [9.17, 15) is 9.59 Å². The summed E-state index contributed by atoms with van der Waals surface area (Å²) in [7, 11) is 0. The number of likely N-dealkylation sites (tertiary alicyclic amines) is 1. The lowest BCUT2D eigenvalue weighted by molar-refractivity contribution is -0.135. The van der Waals surface area contributed by atoms with Gasteiger partial charge in [0.25, 0.3) is 0 Å². The van der Waals surface area contributed by atoms with Gasteiger partial charge in [-0.15, -0.1) is 0 Å². The van der Waals surface area contributed by atoms with E-state index in [-0.39, 0.29) is 17.7 Å². The molecule has 1 aliphatic rings. The zero-order valence-corrected chi connectivity index (χ0v) is 14.5. The normalized spacial score (nSPS) is 17.6. The number of amides is 2. The van der Waals surface area contributed by atoms with Gasteiger partial charge in [0.15, 0.2) is 0 Å². The van der Waals surface area contributed by atoms with Crippen LogP contribution < -0.4 is 0 Å². The van der Waals surface area contributed by atoms with Gasteiger partial charge in [-0.2, -0.15) is 0 Å². The fraction of sp³-hybridized carbons (Fsp3) is 0.579. The molecule has 1 aromatic rings. The summed E-state index contributed by atoms with van der Waals surface area (Å²) in [4.78, 5) is 28.6. The summed E-state index contributed by atoms with van der Waals surface area (Å²) in [5, 5.41) is 0. The lowest BCUT2D eigenvalue weighted by Gasteiger charge is -2.24. The summed E-state index contributed by atoms with van der Waals surface area (Å²) in [6, 6.07) is 8.22. The number of aryl methyl sites for hydroxylation is 1. The van der Waals surface area contributed by atoms with Crippen LogP contribution in [-0.2, 0) is 16.1 Å². The number of benzene rings is 1. The number of hydrogen-bond acceptors (Lipinski definition) is 2. The highest BCUT2D eigenvalue weighted by Gasteiger charge is 2.35. The topological polar surface area (TPSA) is 40.6 Å². The third kappa shape index (κ3) is 4.57. The van der Waals surface area contributed by atoms with E-state index in [4.69, 9.17) is 0 Å². The van der Waals surface area contributed by atoms with Crippen LogP contribution in [0.3, 0.4) is 0 Å². The van der Waals surface area contributed by atoms with Crippen LogP contribution in [0.25, 0.3) is 0 Å². The van der Waals surface area contributed by atoms with Gasteiger partial charge in [0.1, 0.15) is 0 Å². The van der Waals surface area contributed by atoms with Crippen LogP contribution in [0.4, 0.5) is 0 Å². The maximum atomic E-state index is 12.6. The van der Waals surface area contributed by atoms with E-state index in [1.807, 2.05) is 16.7 Å². The number of rotatable bonds is 7. The lowest BCUT2D eigenvalue weighted by Crippen LogP contribution is -2.37. The van der Waals surface area contributed by atoms with E-state index in [0.29, 0.717) is 19.5 Å². The Morgan fingerprint density at radius 3 is 2.57 bits per heavy atom. The van der Waals surface area contributed by atoms with Crippen LogP contribution >= 0.6 is 0 Å². The van der Waals surface area contributed by atoms with Crippen molar-refractivity contribution in [1.82, 2.24) is 9.80 Å². The van der Waals surface area contributed by atoms with E-state index >= 15 is 0 Å². The van der Waals surface area contributed by atoms with E-state index in [0.717, 1.165) is 31.5 Å². The molecule has 1 unspecified atom stereocenters. The molecule has 1 aromatic carbocycles. The summed E-state index contributed by atoms with van der Waals surface area (Å²) < 4.78 is 0. The Hall–Kier alpha value is -1.84. The Morgan fingerprint density at radius 1 is 1.26 bits per heavy atom. The highest BCUT2D eigenvalue weighted by molar-refractivity contribution is 5.89. The SMILES string of the molecule is CCCCN(CC)C(=O)C1CC(=O)N(Cc2ccc(C)cc2)C1. The van der Waals surface area contributed by atoms with Crippen molar-refractivity contribution in [1.29, 1.82) is 0 Å². The Labute approximate surface area is 139 Å². The van der Waals surface area contributed by atoms with E-state index in [1.54, 1.807) is 0 Å². The molecular weight excluding hydrogens is 288 g/mol. The monoisotopic (exact) mass is 316 g/mol. The van der Waals surface area contributed by atoms with Crippen molar-refractivity contribution in [2.24, 2.45) is 5.92 Å². The Bertz CT molecular complexity index is 539. The average molecular weight is 316 g/mol. The minimum absolute atomic E-state index is 0.0930. The first-order valence-corrected chi connectivity index (χ1v) is 8.67. The van der Waals surface area contributed by atoms with Crippen LogP contribution in [0.1, 0.15) is 44.2 Å². The van der Waals surface area contributed by atoms with E-state index in [1.165, 1.54) is 5.56 Å². The second-order valence-electron chi connectivity index (χ2n) is 6.43. The number of hydrogen-bond donors (Lipinski definition) is 0. The summed E-state index contributed by atoms with van der Waals surface area (Å²) in [5.41, 5.74) is 2.33. The molecule has 0 N–H and O–H groups in total. The summed E-state index contributed by atoms with van der Waals surface area (Å²) >= 11 is 0. The van der Waals surface area contributed by atoms with Gasteiger partial charge in [-0.3, -0.25) is 9.59 Å². The maximum Gasteiger partial charge on any atom is 0.227 e. The van der Waals surface area contributed by atoms with Crippen LogP contribution in [0.15, 0.2) is 24.3 Å². The average Bonchev–Trinajstić information content (AvgIpc) is 2.91. The number of carbonyl (C=O) groups is 2. The molecule has 4 nitrogen and oxygen atoms in total. The number of carbonyl (C=O) groups excluding carboxylic acids is 2. The van der Waals surface area contributed by atoms with Gasteiger partial charge in [-0.1, -0.05) is 43.2 Å². The van der Waals surface area contributed by atoms with Crippen molar-refractivity contribution in [3.05, 3.63) is 35.4 Å². The predicted octanol–water partition coefficient (Wildman–Crippen LogP) is 2.99. The standard InChI is InChI=1S/C19H28N2O2/c1-4-6-11-20(5-2)19(23)17-12-18(22)21(14-17)13-16-9-7-15(3)8-10-16/h7-10,17H,4-6,11-14H2,1-3H3. The molecule has 4 heteroatoms.